The normalized spacial score (nSPS) is 16.2. The Hall–Kier alpha value is -2.14. The number of rotatable bonds is 6. The van der Waals surface area contributed by atoms with Gasteiger partial charge in [-0.3, -0.25) is 9.59 Å². The zero-order valence-corrected chi connectivity index (χ0v) is 14.5. The highest BCUT2D eigenvalue weighted by Crippen LogP contribution is 2.21. The number of hydrogen-bond acceptors (Lipinski definition) is 3. The van der Waals surface area contributed by atoms with Crippen LogP contribution in [0.15, 0.2) is 30.3 Å². The Morgan fingerprint density at radius 3 is 2.21 bits per heavy atom. The van der Waals surface area contributed by atoms with Crippen molar-refractivity contribution >= 4 is 17.4 Å². The van der Waals surface area contributed by atoms with Crippen LogP contribution in [0.1, 0.15) is 42.1 Å². The van der Waals surface area contributed by atoms with E-state index in [0.29, 0.717) is 5.56 Å². The van der Waals surface area contributed by atoms with Gasteiger partial charge in [0.2, 0.25) is 0 Å². The van der Waals surface area contributed by atoms with E-state index < -0.39 is 5.97 Å². The highest BCUT2D eigenvalue weighted by molar-refractivity contribution is 5.94. The van der Waals surface area contributed by atoms with Gasteiger partial charge in [0, 0.05) is 31.7 Å². The number of carbonyl (C=O) groups excluding carboxylic acids is 1. The monoisotopic (exact) mass is 330 g/mol. The van der Waals surface area contributed by atoms with Crippen LogP contribution >= 0.6 is 0 Å². The van der Waals surface area contributed by atoms with E-state index in [0.717, 1.165) is 50.2 Å². The number of allylic oxidation sites excluding steroid dienone is 1. The number of carboxylic acid groups (broad SMARTS) is 1. The Labute approximate surface area is 143 Å². The van der Waals surface area contributed by atoms with Crippen molar-refractivity contribution in [3.05, 3.63) is 41.5 Å². The zero-order chi connectivity index (χ0) is 17.5. The Kier molecular flexibility index (Phi) is 6.55. The topological polar surface area (TPSA) is 60.9 Å². The van der Waals surface area contributed by atoms with Crippen LogP contribution in [-0.2, 0) is 4.79 Å². The number of likely N-dealkylation sites (N-methyl/N-ethyl adjacent to an activating group) is 1. The van der Waals surface area contributed by atoms with Gasteiger partial charge < -0.3 is 14.9 Å². The number of carboxylic acids is 1. The molecule has 1 N–H and O–H groups in total. The minimum absolute atomic E-state index is 0.0251. The van der Waals surface area contributed by atoms with E-state index in [1.54, 1.807) is 6.08 Å². The first-order chi connectivity index (χ1) is 11.5. The molecule has 5 heteroatoms. The third-order valence-corrected chi connectivity index (χ3v) is 4.34. The lowest BCUT2D eigenvalue weighted by Gasteiger charge is -2.32. The largest absolute Gasteiger partial charge is 0.481 e. The lowest BCUT2D eigenvalue weighted by atomic mass is 9.98. The highest BCUT2D eigenvalue weighted by atomic mass is 16.4. The average molecular weight is 330 g/mol. The molecule has 0 spiro atoms. The summed E-state index contributed by atoms with van der Waals surface area (Å²) in [6.07, 6.45) is 3.58. The molecule has 1 aromatic rings. The van der Waals surface area contributed by atoms with Crippen molar-refractivity contribution in [3.8, 4) is 0 Å². The van der Waals surface area contributed by atoms with Crippen molar-refractivity contribution in [3.63, 3.8) is 0 Å². The molecule has 0 saturated carbocycles. The first-order valence-corrected chi connectivity index (χ1v) is 8.50. The van der Waals surface area contributed by atoms with Crippen molar-refractivity contribution in [2.45, 2.75) is 26.2 Å². The molecule has 24 heavy (non-hydrogen) atoms. The van der Waals surface area contributed by atoms with Crippen LogP contribution in [0.4, 0.5) is 0 Å². The van der Waals surface area contributed by atoms with Gasteiger partial charge >= 0.3 is 5.97 Å². The maximum absolute atomic E-state index is 12.5. The fourth-order valence-electron chi connectivity index (χ4n) is 2.86. The summed E-state index contributed by atoms with van der Waals surface area (Å²) >= 11 is 0. The van der Waals surface area contributed by atoms with E-state index in [-0.39, 0.29) is 12.3 Å². The maximum atomic E-state index is 12.5. The van der Waals surface area contributed by atoms with Crippen LogP contribution < -0.4 is 0 Å². The number of benzene rings is 1. The quantitative estimate of drug-likeness (QED) is 0.871. The summed E-state index contributed by atoms with van der Waals surface area (Å²) in [5.74, 6) is -0.758. The van der Waals surface area contributed by atoms with Crippen molar-refractivity contribution in [2.24, 2.45) is 0 Å². The second kappa shape index (κ2) is 8.64. The molecule has 0 aliphatic carbocycles. The molecule has 1 aliphatic rings. The number of amides is 1. The molecule has 1 aromatic carbocycles. The molecule has 0 bridgehead atoms. The van der Waals surface area contributed by atoms with E-state index in [4.69, 9.17) is 5.11 Å². The summed E-state index contributed by atoms with van der Waals surface area (Å²) in [6, 6.07) is 7.54. The molecule has 0 atom stereocenters. The Balaban J connectivity index is 2.09. The van der Waals surface area contributed by atoms with Crippen molar-refractivity contribution in [1.29, 1.82) is 0 Å². The average Bonchev–Trinajstić information content (AvgIpc) is 2.59. The summed E-state index contributed by atoms with van der Waals surface area (Å²) in [6.45, 7) is 5.40. The number of aliphatic carboxylic acids is 1. The minimum atomic E-state index is -0.828. The molecule has 1 saturated heterocycles. The molecular formula is C19H26N2O3. The van der Waals surface area contributed by atoms with Crippen LogP contribution in [0.5, 0.6) is 0 Å². The molecule has 0 radical (unpaired) electrons. The Morgan fingerprint density at radius 2 is 1.67 bits per heavy atom. The van der Waals surface area contributed by atoms with Crippen molar-refractivity contribution in [2.75, 3.05) is 33.2 Å². The van der Waals surface area contributed by atoms with Gasteiger partial charge in [-0.15, -0.1) is 0 Å². The molecule has 2 rings (SSSR count). The molecular weight excluding hydrogens is 304 g/mol. The molecule has 1 aliphatic heterocycles. The molecule has 5 nitrogen and oxygen atoms in total. The second-order valence-electron chi connectivity index (χ2n) is 6.25. The maximum Gasteiger partial charge on any atom is 0.307 e. The minimum Gasteiger partial charge on any atom is -0.481 e. The van der Waals surface area contributed by atoms with Gasteiger partial charge in [0.05, 0.1) is 6.42 Å². The Morgan fingerprint density at radius 1 is 1.08 bits per heavy atom. The van der Waals surface area contributed by atoms with Crippen LogP contribution in [0, 0.1) is 0 Å². The van der Waals surface area contributed by atoms with Gasteiger partial charge in [-0.2, -0.15) is 0 Å². The predicted octanol–water partition coefficient (Wildman–Crippen LogP) is 2.73. The highest BCUT2D eigenvalue weighted by Gasteiger charge is 2.20. The van der Waals surface area contributed by atoms with E-state index in [1.807, 2.05) is 29.2 Å². The number of carbonyl (C=O) groups is 2. The molecule has 0 aromatic heterocycles. The zero-order valence-electron chi connectivity index (χ0n) is 14.5. The summed E-state index contributed by atoms with van der Waals surface area (Å²) in [5.41, 5.74) is 2.71. The summed E-state index contributed by atoms with van der Waals surface area (Å²) < 4.78 is 0. The molecule has 1 amide bonds. The van der Waals surface area contributed by atoms with Crippen LogP contribution in [0.2, 0.25) is 0 Å². The fraction of sp³-hybridized carbons (Fsp3) is 0.474. The number of piperazine rings is 1. The first kappa shape index (κ1) is 18.2. The smallest absolute Gasteiger partial charge is 0.307 e. The lowest BCUT2D eigenvalue weighted by molar-refractivity contribution is -0.136. The first-order valence-electron chi connectivity index (χ1n) is 8.50. The third-order valence-electron chi connectivity index (χ3n) is 4.34. The third kappa shape index (κ3) is 4.93. The van der Waals surface area contributed by atoms with Crippen LogP contribution in [0.3, 0.4) is 0 Å². The van der Waals surface area contributed by atoms with Crippen molar-refractivity contribution < 1.29 is 14.7 Å². The lowest BCUT2D eigenvalue weighted by Crippen LogP contribution is -2.47. The summed E-state index contributed by atoms with van der Waals surface area (Å²) in [7, 11) is 2.06. The van der Waals surface area contributed by atoms with Crippen molar-refractivity contribution in [1.82, 2.24) is 9.80 Å². The Bertz CT molecular complexity index is 600. The van der Waals surface area contributed by atoms with Crippen LogP contribution in [0.25, 0.3) is 5.57 Å². The van der Waals surface area contributed by atoms with E-state index in [1.165, 1.54) is 0 Å². The summed E-state index contributed by atoms with van der Waals surface area (Å²) in [5, 5.41) is 8.86. The number of hydrogen-bond donors (Lipinski definition) is 1. The predicted molar refractivity (Wildman–Crippen MR) is 95.0 cm³/mol. The van der Waals surface area contributed by atoms with Crippen LogP contribution in [-0.4, -0.2) is 60.0 Å². The van der Waals surface area contributed by atoms with E-state index >= 15 is 0 Å². The van der Waals surface area contributed by atoms with Gasteiger partial charge in [-0.05, 0) is 36.7 Å². The fourth-order valence-corrected chi connectivity index (χ4v) is 2.86. The van der Waals surface area contributed by atoms with E-state index in [2.05, 4.69) is 18.9 Å². The van der Waals surface area contributed by atoms with E-state index in [9.17, 15) is 9.59 Å². The summed E-state index contributed by atoms with van der Waals surface area (Å²) in [4.78, 5) is 27.4. The standard InChI is InChI=1S/C19H26N2O3/c1-3-4-15(9-10-18(22)23)16-5-7-17(8-6-16)19(24)21-13-11-20(2)12-14-21/h5-9H,3-4,10-14H2,1-2H3,(H,22,23)/b15-9+. The van der Waals surface area contributed by atoms with Gasteiger partial charge in [0.1, 0.15) is 0 Å². The molecule has 1 fully saturated rings. The molecule has 0 unspecified atom stereocenters. The number of nitrogens with zero attached hydrogens (tertiary/aromatic N) is 2. The van der Waals surface area contributed by atoms with Gasteiger partial charge in [0.15, 0.2) is 0 Å². The van der Waals surface area contributed by atoms with Gasteiger partial charge in [-0.1, -0.05) is 31.6 Å². The van der Waals surface area contributed by atoms with Gasteiger partial charge in [0.25, 0.3) is 5.91 Å². The second-order valence-corrected chi connectivity index (χ2v) is 6.25. The SMILES string of the molecule is CCC/C(=C\CC(=O)O)c1ccc(C(=O)N2CCN(C)CC2)cc1. The molecule has 130 valence electrons. The van der Waals surface area contributed by atoms with Gasteiger partial charge in [-0.25, -0.2) is 0 Å². The molecule has 1 heterocycles.